The Labute approximate surface area is 135 Å². The van der Waals surface area contributed by atoms with Crippen LogP contribution >= 0.6 is 15.9 Å². The third-order valence-electron chi connectivity index (χ3n) is 5.34. The molecule has 1 saturated carbocycles. The second-order valence-electron chi connectivity index (χ2n) is 6.63. The first kappa shape index (κ1) is 14.9. The molecule has 1 aliphatic carbocycles. The van der Waals surface area contributed by atoms with Crippen molar-refractivity contribution >= 4 is 27.5 Å². The standard InChI is InChI=1S/C17H24BrN3/c18-14-12-13(16(19)20)4-5-15(14)21-10-8-17(9-11-21)6-2-1-3-7-17/h4-5,12H,1-3,6-11H2,(H3,19,20). The molecule has 0 aromatic heterocycles. The number of hydrogen-bond donors (Lipinski definition) is 2. The Kier molecular flexibility index (Phi) is 4.25. The van der Waals surface area contributed by atoms with E-state index in [2.05, 4.69) is 26.9 Å². The summed E-state index contributed by atoms with van der Waals surface area (Å²) in [4.78, 5) is 2.48. The summed E-state index contributed by atoms with van der Waals surface area (Å²) in [6.07, 6.45) is 9.82. The molecular formula is C17H24BrN3. The predicted molar refractivity (Wildman–Crippen MR) is 92.1 cm³/mol. The number of rotatable bonds is 2. The molecule has 3 rings (SSSR count). The molecule has 3 N–H and O–H groups in total. The molecule has 1 aromatic carbocycles. The summed E-state index contributed by atoms with van der Waals surface area (Å²) >= 11 is 3.64. The largest absolute Gasteiger partial charge is 0.384 e. The fraction of sp³-hybridized carbons (Fsp3) is 0.588. The predicted octanol–water partition coefficient (Wildman–Crippen LogP) is 4.28. The van der Waals surface area contributed by atoms with E-state index in [1.807, 2.05) is 12.1 Å². The SMILES string of the molecule is N=C(N)c1ccc(N2CCC3(CCCCC3)CC2)c(Br)c1. The van der Waals surface area contributed by atoms with E-state index in [0.717, 1.165) is 23.1 Å². The maximum Gasteiger partial charge on any atom is 0.122 e. The van der Waals surface area contributed by atoms with Crippen molar-refractivity contribution in [1.82, 2.24) is 0 Å². The number of halogens is 1. The second kappa shape index (κ2) is 5.99. The van der Waals surface area contributed by atoms with Crippen LogP contribution in [0.4, 0.5) is 5.69 Å². The Morgan fingerprint density at radius 3 is 2.33 bits per heavy atom. The first-order valence-corrected chi connectivity index (χ1v) is 8.78. The second-order valence-corrected chi connectivity index (χ2v) is 7.48. The Hall–Kier alpha value is -1.03. The molecule has 114 valence electrons. The molecule has 2 fully saturated rings. The Morgan fingerprint density at radius 2 is 1.76 bits per heavy atom. The minimum Gasteiger partial charge on any atom is -0.384 e. The van der Waals surface area contributed by atoms with E-state index in [4.69, 9.17) is 11.1 Å². The summed E-state index contributed by atoms with van der Waals surface area (Å²) in [5.41, 5.74) is 8.22. The first-order valence-electron chi connectivity index (χ1n) is 7.99. The van der Waals surface area contributed by atoms with Crippen molar-refractivity contribution in [3.8, 4) is 0 Å². The van der Waals surface area contributed by atoms with Crippen molar-refractivity contribution < 1.29 is 0 Å². The summed E-state index contributed by atoms with van der Waals surface area (Å²) in [6, 6.07) is 6.01. The molecular weight excluding hydrogens is 326 g/mol. The van der Waals surface area contributed by atoms with Gasteiger partial charge in [-0.3, -0.25) is 5.41 Å². The van der Waals surface area contributed by atoms with Crippen LogP contribution < -0.4 is 10.6 Å². The highest BCUT2D eigenvalue weighted by Crippen LogP contribution is 2.45. The van der Waals surface area contributed by atoms with Crippen LogP contribution in [0.5, 0.6) is 0 Å². The highest BCUT2D eigenvalue weighted by molar-refractivity contribution is 9.10. The molecule has 4 heteroatoms. The van der Waals surface area contributed by atoms with Crippen molar-refractivity contribution in [2.45, 2.75) is 44.9 Å². The fourth-order valence-electron chi connectivity index (χ4n) is 3.95. The average molecular weight is 350 g/mol. The maximum atomic E-state index is 7.52. The van der Waals surface area contributed by atoms with Crippen molar-refractivity contribution in [3.63, 3.8) is 0 Å². The molecule has 1 aromatic rings. The van der Waals surface area contributed by atoms with E-state index in [1.54, 1.807) is 0 Å². The molecule has 0 bridgehead atoms. The third kappa shape index (κ3) is 3.10. The monoisotopic (exact) mass is 349 g/mol. The van der Waals surface area contributed by atoms with Gasteiger partial charge in [0.15, 0.2) is 0 Å². The van der Waals surface area contributed by atoms with Gasteiger partial charge in [-0.2, -0.15) is 0 Å². The topological polar surface area (TPSA) is 53.1 Å². The summed E-state index contributed by atoms with van der Waals surface area (Å²) in [5.74, 6) is 0.127. The van der Waals surface area contributed by atoms with Gasteiger partial charge < -0.3 is 10.6 Å². The van der Waals surface area contributed by atoms with Gasteiger partial charge in [0, 0.05) is 23.1 Å². The molecule has 1 spiro atoms. The number of nitrogens with zero attached hydrogens (tertiary/aromatic N) is 1. The molecule has 1 saturated heterocycles. The van der Waals surface area contributed by atoms with Crippen molar-refractivity contribution in [1.29, 1.82) is 5.41 Å². The van der Waals surface area contributed by atoms with Gasteiger partial charge in [-0.1, -0.05) is 19.3 Å². The molecule has 2 aliphatic rings. The van der Waals surface area contributed by atoms with E-state index < -0.39 is 0 Å². The molecule has 0 amide bonds. The number of piperidine rings is 1. The van der Waals surface area contributed by atoms with Gasteiger partial charge in [0.1, 0.15) is 5.84 Å². The van der Waals surface area contributed by atoms with Crippen LogP contribution in [0.3, 0.4) is 0 Å². The number of hydrogen-bond acceptors (Lipinski definition) is 2. The zero-order valence-corrected chi connectivity index (χ0v) is 14.1. The Bertz CT molecular complexity index is 525. The summed E-state index contributed by atoms with van der Waals surface area (Å²) < 4.78 is 1.05. The van der Waals surface area contributed by atoms with Gasteiger partial charge in [-0.25, -0.2) is 0 Å². The van der Waals surface area contributed by atoms with Gasteiger partial charge in [-0.05, 0) is 65.2 Å². The molecule has 1 aliphatic heterocycles. The zero-order valence-electron chi connectivity index (χ0n) is 12.5. The van der Waals surface area contributed by atoms with Crippen LogP contribution in [-0.2, 0) is 0 Å². The van der Waals surface area contributed by atoms with Crippen LogP contribution in [-0.4, -0.2) is 18.9 Å². The number of anilines is 1. The van der Waals surface area contributed by atoms with Crippen molar-refractivity contribution in [2.24, 2.45) is 11.1 Å². The number of nitrogens with one attached hydrogen (secondary N) is 1. The summed E-state index contributed by atoms with van der Waals surface area (Å²) in [5, 5.41) is 7.52. The zero-order chi connectivity index (χ0) is 14.9. The molecule has 0 atom stereocenters. The van der Waals surface area contributed by atoms with Gasteiger partial charge in [0.25, 0.3) is 0 Å². The van der Waals surface area contributed by atoms with Gasteiger partial charge >= 0.3 is 0 Å². The fourth-order valence-corrected chi connectivity index (χ4v) is 4.58. The Balaban J connectivity index is 1.70. The Morgan fingerprint density at radius 1 is 1.10 bits per heavy atom. The van der Waals surface area contributed by atoms with Gasteiger partial charge in [-0.15, -0.1) is 0 Å². The number of benzene rings is 1. The lowest BCUT2D eigenvalue weighted by molar-refractivity contribution is 0.144. The lowest BCUT2D eigenvalue weighted by Crippen LogP contribution is -2.41. The molecule has 21 heavy (non-hydrogen) atoms. The highest BCUT2D eigenvalue weighted by Gasteiger charge is 2.35. The van der Waals surface area contributed by atoms with Crippen molar-refractivity contribution in [3.05, 3.63) is 28.2 Å². The van der Waals surface area contributed by atoms with Crippen LogP contribution in [0.1, 0.15) is 50.5 Å². The summed E-state index contributed by atoms with van der Waals surface area (Å²) in [7, 11) is 0. The maximum absolute atomic E-state index is 7.52. The van der Waals surface area contributed by atoms with Crippen molar-refractivity contribution in [2.75, 3.05) is 18.0 Å². The normalized spacial score (nSPS) is 21.5. The van der Waals surface area contributed by atoms with E-state index in [1.165, 1.54) is 50.6 Å². The van der Waals surface area contributed by atoms with Crippen LogP contribution in [0.2, 0.25) is 0 Å². The minimum atomic E-state index is 0.127. The third-order valence-corrected chi connectivity index (χ3v) is 5.97. The molecule has 0 radical (unpaired) electrons. The molecule has 1 heterocycles. The van der Waals surface area contributed by atoms with E-state index in [-0.39, 0.29) is 5.84 Å². The highest BCUT2D eigenvalue weighted by atomic mass is 79.9. The van der Waals surface area contributed by atoms with Gasteiger partial charge in [0.2, 0.25) is 0 Å². The van der Waals surface area contributed by atoms with Crippen LogP contribution in [0.15, 0.2) is 22.7 Å². The minimum absolute atomic E-state index is 0.127. The van der Waals surface area contributed by atoms with Gasteiger partial charge in [0.05, 0.1) is 5.69 Å². The average Bonchev–Trinajstić information content (AvgIpc) is 2.49. The number of nitrogens with two attached hydrogens (primary N) is 1. The van der Waals surface area contributed by atoms with E-state index >= 15 is 0 Å². The molecule has 0 unspecified atom stereocenters. The van der Waals surface area contributed by atoms with Crippen LogP contribution in [0.25, 0.3) is 0 Å². The van der Waals surface area contributed by atoms with Crippen LogP contribution in [0, 0.1) is 10.8 Å². The smallest absolute Gasteiger partial charge is 0.122 e. The van der Waals surface area contributed by atoms with E-state index in [0.29, 0.717) is 5.41 Å². The quantitative estimate of drug-likeness (QED) is 0.618. The molecule has 3 nitrogen and oxygen atoms in total. The lowest BCUT2D eigenvalue weighted by Gasteiger charge is -2.45. The number of nitrogen functional groups attached to an aromatic ring is 1. The lowest BCUT2D eigenvalue weighted by atomic mass is 9.68. The van der Waals surface area contributed by atoms with E-state index in [9.17, 15) is 0 Å². The summed E-state index contributed by atoms with van der Waals surface area (Å²) in [6.45, 7) is 2.30. The number of amidine groups is 1. The first-order chi connectivity index (χ1) is 10.1.